The number of nitrogens with two attached hydrogens (primary N) is 1. The number of nitrogens with one attached hydrogen (secondary N) is 1. The Hall–Kier alpha value is -0.660. The van der Waals surface area contributed by atoms with Crippen molar-refractivity contribution in [3.63, 3.8) is 0 Å². The first-order chi connectivity index (χ1) is 8.79. The summed E-state index contributed by atoms with van der Waals surface area (Å²) in [5.41, 5.74) is 5.22. The molecule has 1 amide bonds. The standard InChI is InChI=1S/C12H25N3O3S/c1-4-15(5-2)19(17,18)8-11(16)14-12(3,9-13)10-6-7-10/h10H,4-9,13H2,1-3H3,(H,14,16). The number of amides is 1. The molecule has 0 spiro atoms. The molecule has 0 radical (unpaired) electrons. The van der Waals surface area contributed by atoms with Gasteiger partial charge in [-0.2, -0.15) is 0 Å². The van der Waals surface area contributed by atoms with Crippen molar-refractivity contribution >= 4 is 15.9 Å². The van der Waals surface area contributed by atoms with Crippen LogP contribution in [-0.4, -0.2) is 49.6 Å². The van der Waals surface area contributed by atoms with E-state index in [2.05, 4.69) is 5.32 Å². The molecule has 3 N–H and O–H groups in total. The first kappa shape index (κ1) is 16.4. The van der Waals surface area contributed by atoms with Crippen molar-refractivity contribution in [1.29, 1.82) is 0 Å². The average Bonchev–Trinajstić information content (AvgIpc) is 3.12. The number of nitrogens with zero attached hydrogens (tertiary/aromatic N) is 1. The van der Waals surface area contributed by atoms with Gasteiger partial charge in [-0.1, -0.05) is 13.8 Å². The Balaban J connectivity index is 2.64. The van der Waals surface area contributed by atoms with Crippen LogP contribution in [0.1, 0.15) is 33.6 Å². The fraction of sp³-hybridized carbons (Fsp3) is 0.917. The van der Waals surface area contributed by atoms with Crippen LogP contribution in [0.3, 0.4) is 0 Å². The third-order valence-electron chi connectivity index (χ3n) is 3.74. The molecule has 1 rings (SSSR count). The van der Waals surface area contributed by atoms with E-state index in [0.717, 1.165) is 12.8 Å². The average molecular weight is 291 g/mol. The zero-order valence-electron chi connectivity index (χ0n) is 12.0. The van der Waals surface area contributed by atoms with Gasteiger partial charge in [0.15, 0.2) is 0 Å². The van der Waals surface area contributed by atoms with Crippen molar-refractivity contribution in [2.75, 3.05) is 25.4 Å². The van der Waals surface area contributed by atoms with Gasteiger partial charge >= 0.3 is 0 Å². The minimum absolute atomic E-state index is 0.328. The van der Waals surface area contributed by atoms with E-state index in [1.807, 2.05) is 6.92 Å². The van der Waals surface area contributed by atoms with Crippen molar-refractivity contribution in [3.05, 3.63) is 0 Å². The Morgan fingerprint density at radius 2 is 1.89 bits per heavy atom. The summed E-state index contributed by atoms with van der Waals surface area (Å²) in [6.07, 6.45) is 2.08. The molecule has 0 heterocycles. The first-order valence-electron chi connectivity index (χ1n) is 6.78. The number of hydrogen-bond acceptors (Lipinski definition) is 4. The number of hydrogen-bond donors (Lipinski definition) is 2. The summed E-state index contributed by atoms with van der Waals surface area (Å²) in [5, 5.41) is 2.79. The molecule has 0 aromatic carbocycles. The monoisotopic (exact) mass is 291 g/mol. The molecule has 1 atom stereocenters. The number of carbonyl (C=O) groups is 1. The Kier molecular flexibility index (Phi) is 5.34. The van der Waals surface area contributed by atoms with Gasteiger partial charge in [0.2, 0.25) is 15.9 Å². The van der Waals surface area contributed by atoms with E-state index in [1.54, 1.807) is 13.8 Å². The van der Waals surface area contributed by atoms with Crippen LogP contribution < -0.4 is 11.1 Å². The highest BCUT2D eigenvalue weighted by atomic mass is 32.2. The van der Waals surface area contributed by atoms with Gasteiger partial charge in [-0.25, -0.2) is 12.7 Å². The molecule has 19 heavy (non-hydrogen) atoms. The molecular weight excluding hydrogens is 266 g/mol. The van der Waals surface area contributed by atoms with E-state index in [4.69, 9.17) is 5.73 Å². The summed E-state index contributed by atoms with van der Waals surface area (Å²) in [6, 6.07) is 0. The number of carbonyl (C=O) groups excluding carboxylic acids is 1. The van der Waals surface area contributed by atoms with Crippen molar-refractivity contribution in [3.8, 4) is 0 Å². The second-order valence-electron chi connectivity index (χ2n) is 5.28. The molecule has 1 aliphatic carbocycles. The molecule has 0 aromatic heterocycles. The minimum atomic E-state index is -3.53. The fourth-order valence-corrected chi connectivity index (χ4v) is 3.64. The SMILES string of the molecule is CCN(CC)S(=O)(=O)CC(=O)NC(C)(CN)C1CC1. The zero-order chi connectivity index (χ0) is 14.7. The van der Waals surface area contributed by atoms with Gasteiger partial charge in [-0.3, -0.25) is 4.79 Å². The summed E-state index contributed by atoms with van der Waals surface area (Å²) < 4.78 is 25.3. The van der Waals surface area contributed by atoms with Crippen LogP contribution in [0, 0.1) is 5.92 Å². The lowest BCUT2D eigenvalue weighted by atomic mass is 9.96. The maximum atomic E-state index is 12.0. The van der Waals surface area contributed by atoms with Crippen molar-refractivity contribution < 1.29 is 13.2 Å². The Morgan fingerprint density at radius 1 is 1.37 bits per heavy atom. The number of rotatable bonds is 8. The van der Waals surface area contributed by atoms with Crippen LogP contribution in [0.2, 0.25) is 0 Å². The van der Waals surface area contributed by atoms with Gasteiger partial charge in [0, 0.05) is 19.6 Å². The van der Waals surface area contributed by atoms with Crippen molar-refractivity contribution in [2.45, 2.75) is 39.2 Å². The van der Waals surface area contributed by atoms with Gasteiger partial charge in [-0.05, 0) is 25.7 Å². The molecule has 0 aromatic rings. The van der Waals surface area contributed by atoms with Crippen LogP contribution in [-0.2, 0) is 14.8 Å². The highest BCUT2D eigenvalue weighted by molar-refractivity contribution is 7.89. The molecule has 6 nitrogen and oxygen atoms in total. The maximum Gasteiger partial charge on any atom is 0.237 e. The summed E-state index contributed by atoms with van der Waals surface area (Å²) in [4.78, 5) is 11.9. The van der Waals surface area contributed by atoms with Gasteiger partial charge in [0.25, 0.3) is 0 Å². The molecule has 0 saturated heterocycles. The minimum Gasteiger partial charge on any atom is -0.348 e. The van der Waals surface area contributed by atoms with Gasteiger partial charge in [0.1, 0.15) is 5.75 Å². The maximum absolute atomic E-state index is 12.0. The third-order valence-corrected chi connectivity index (χ3v) is 5.67. The zero-order valence-corrected chi connectivity index (χ0v) is 12.8. The molecular formula is C12H25N3O3S. The van der Waals surface area contributed by atoms with Crippen molar-refractivity contribution in [1.82, 2.24) is 9.62 Å². The third kappa shape index (κ3) is 4.15. The quantitative estimate of drug-likeness (QED) is 0.653. The summed E-state index contributed by atoms with van der Waals surface area (Å²) in [6.45, 7) is 6.48. The summed E-state index contributed by atoms with van der Waals surface area (Å²) >= 11 is 0. The summed E-state index contributed by atoms with van der Waals surface area (Å²) in [7, 11) is -3.53. The second-order valence-corrected chi connectivity index (χ2v) is 7.25. The van der Waals surface area contributed by atoms with E-state index in [-0.39, 0.29) is 0 Å². The van der Waals surface area contributed by atoms with Crippen LogP contribution in [0.5, 0.6) is 0 Å². The molecule has 0 aliphatic heterocycles. The van der Waals surface area contributed by atoms with Crippen LogP contribution in [0.4, 0.5) is 0 Å². The normalized spacial score (nSPS) is 19.2. The first-order valence-corrected chi connectivity index (χ1v) is 8.39. The molecule has 0 bridgehead atoms. The van der Waals surface area contributed by atoms with Crippen LogP contribution >= 0.6 is 0 Å². The molecule has 1 saturated carbocycles. The topological polar surface area (TPSA) is 92.5 Å². The van der Waals surface area contributed by atoms with E-state index < -0.39 is 27.2 Å². The van der Waals surface area contributed by atoms with E-state index in [9.17, 15) is 13.2 Å². The molecule has 1 aliphatic rings. The van der Waals surface area contributed by atoms with E-state index >= 15 is 0 Å². The van der Waals surface area contributed by atoms with Crippen LogP contribution in [0.15, 0.2) is 0 Å². The smallest absolute Gasteiger partial charge is 0.237 e. The van der Waals surface area contributed by atoms with Crippen LogP contribution in [0.25, 0.3) is 0 Å². The largest absolute Gasteiger partial charge is 0.348 e. The lowest BCUT2D eigenvalue weighted by molar-refractivity contribution is -0.120. The van der Waals surface area contributed by atoms with Crippen molar-refractivity contribution in [2.24, 2.45) is 11.7 Å². The lowest BCUT2D eigenvalue weighted by Crippen LogP contribution is -2.55. The Bertz CT molecular complexity index is 416. The second kappa shape index (κ2) is 6.19. The highest BCUT2D eigenvalue weighted by Crippen LogP contribution is 2.38. The molecule has 1 fully saturated rings. The Morgan fingerprint density at radius 3 is 2.26 bits per heavy atom. The number of sulfonamides is 1. The van der Waals surface area contributed by atoms with Gasteiger partial charge in [-0.15, -0.1) is 0 Å². The Labute approximate surface area is 115 Å². The van der Waals surface area contributed by atoms with Gasteiger partial charge in [0.05, 0.1) is 5.54 Å². The molecule has 7 heteroatoms. The van der Waals surface area contributed by atoms with E-state index in [1.165, 1.54) is 4.31 Å². The lowest BCUT2D eigenvalue weighted by Gasteiger charge is -2.30. The van der Waals surface area contributed by atoms with E-state index in [0.29, 0.717) is 25.6 Å². The van der Waals surface area contributed by atoms with Gasteiger partial charge < -0.3 is 11.1 Å². The predicted molar refractivity (Wildman–Crippen MR) is 75.0 cm³/mol. The predicted octanol–water partition coefficient (Wildman–Crippen LogP) is -0.0984. The highest BCUT2D eigenvalue weighted by Gasteiger charge is 2.42. The summed E-state index contributed by atoms with van der Waals surface area (Å²) in [5.74, 6) is -0.596. The molecule has 112 valence electrons. The fourth-order valence-electron chi connectivity index (χ4n) is 2.27. The molecule has 1 unspecified atom stereocenters.